The van der Waals surface area contributed by atoms with Crippen LogP contribution in [-0.4, -0.2) is 28.9 Å². The van der Waals surface area contributed by atoms with Crippen molar-refractivity contribution in [1.29, 1.82) is 0 Å². The third-order valence-electron chi connectivity index (χ3n) is 4.41. The van der Waals surface area contributed by atoms with Gasteiger partial charge in [0.2, 0.25) is 0 Å². The van der Waals surface area contributed by atoms with Crippen LogP contribution >= 0.6 is 0 Å². The van der Waals surface area contributed by atoms with Crippen molar-refractivity contribution in [2.75, 3.05) is 6.54 Å². The van der Waals surface area contributed by atoms with Crippen molar-refractivity contribution in [2.24, 2.45) is 0 Å². The maximum absolute atomic E-state index is 10.2. The van der Waals surface area contributed by atoms with E-state index in [9.17, 15) is 5.11 Å². The maximum atomic E-state index is 10.2. The summed E-state index contributed by atoms with van der Waals surface area (Å²) in [7, 11) is 0. The van der Waals surface area contributed by atoms with Gasteiger partial charge in [-0.25, -0.2) is 5.43 Å². The largest absolute Gasteiger partial charge is 0.373 e. The second-order valence-electron chi connectivity index (χ2n) is 6.09. The van der Waals surface area contributed by atoms with Crippen molar-refractivity contribution in [3.63, 3.8) is 0 Å². The number of hydrogen-bond acceptors (Lipinski definition) is 4. The first kappa shape index (κ1) is 14.6. The number of hydrazine groups is 1. The first-order valence-electron chi connectivity index (χ1n) is 7.94. The van der Waals surface area contributed by atoms with Gasteiger partial charge in [0.15, 0.2) is 0 Å². The predicted octanol–water partition coefficient (Wildman–Crippen LogP) is 2.22. The lowest BCUT2D eigenvalue weighted by Gasteiger charge is -2.39. The summed E-state index contributed by atoms with van der Waals surface area (Å²) in [6, 6.07) is 9.15. The minimum absolute atomic E-state index is 0.152. The number of unbranched alkanes of at least 4 members (excludes halogenated alkanes) is 1. The van der Waals surface area contributed by atoms with Crippen LogP contribution < -0.4 is 10.7 Å². The molecule has 1 aromatic carbocycles. The Hall–Kier alpha value is -1.36. The average molecular weight is 287 g/mol. The zero-order valence-corrected chi connectivity index (χ0v) is 12.8. The van der Waals surface area contributed by atoms with Gasteiger partial charge in [-0.1, -0.05) is 49.6 Å². The number of aliphatic hydroxyl groups is 1. The molecule has 114 valence electrons. The Morgan fingerprint density at radius 1 is 1.29 bits per heavy atom. The van der Waals surface area contributed by atoms with Gasteiger partial charge >= 0.3 is 0 Å². The SMILES string of the molecule is CCCCC1CNC(O)C2=CC(c3ccc(C)cc3)NN21. The molecule has 3 rings (SSSR count). The topological polar surface area (TPSA) is 47.5 Å². The predicted molar refractivity (Wildman–Crippen MR) is 84.3 cm³/mol. The molecule has 3 N–H and O–H groups in total. The summed E-state index contributed by atoms with van der Waals surface area (Å²) in [6.07, 6.45) is 5.13. The van der Waals surface area contributed by atoms with E-state index in [0.717, 1.165) is 18.7 Å². The van der Waals surface area contributed by atoms with Gasteiger partial charge in [-0.2, -0.15) is 0 Å². The quantitative estimate of drug-likeness (QED) is 0.795. The fourth-order valence-corrected chi connectivity index (χ4v) is 3.11. The molecule has 1 aromatic rings. The molecule has 2 heterocycles. The Labute approximate surface area is 126 Å². The minimum atomic E-state index is -0.564. The summed E-state index contributed by atoms with van der Waals surface area (Å²) >= 11 is 0. The summed E-state index contributed by atoms with van der Waals surface area (Å²) in [4.78, 5) is 0. The van der Waals surface area contributed by atoms with Gasteiger partial charge < -0.3 is 10.1 Å². The van der Waals surface area contributed by atoms with Gasteiger partial charge in [-0.3, -0.25) is 5.32 Å². The first-order valence-corrected chi connectivity index (χ1v) is 7.94. The molecule has 21 heavy (non-hydrogen) atoms. The van der Waals surface area contributed by atoms with E-state index >= 15 is 0 Å². The molecule has 4 heteroatoms. The third kappa shape index (κ3) is 2.98. The first-order chi connectivity index (χ1) is 10.2. The van der Waals surface area contributed by atoms with Gasteiger partial charge in [0.1, 0.15) is 6.23 Å². The number of hydrogen-bond donors (Lipinski definition) is 3. The number of piperazine rings is 1. The third-order valence-corrected chi connectivity index (χ3v) is 4.41. The Balaban J connectivity index is 1.78. The van der Waals surface area contributed by atoms with E-state index in [0.29, 0.717) is 6.04 Å². The molecule has 2 aliphatic rings. The molecule has 0 bridgehead atoms. The van der Waals surface area contributed by atoms with Crippen LogP contribution in [0.1, 0.15) is 43.4 Å². The molecule has 0 saturated carbocycles. The molecular formula is C17H25N3O. The highest BCUT2D eigenvalue weighted by Gasteiger charge is 2.36. The van der Waals surface area contributed by atoms with Crippen molar-refractivity contribution < 1.29 is 5.11 Å². The highest BCUT2D eigenvalue weighted by atomic mass is 16.3. The van der Waals surface area contributed by atoms with Crippen LogP contribution in [0.15, 0.2) is 36.0 Å². The van der Waals surface area contributed by atoms with Crippen LogP contribution in [-0.2, 0) is 0 Å². The van der Waals surface area contributed by atoms with E-state index in [1.165, 1.54) is 24.0 Å². The van der Waals surface area contributed by atoms with Crippen molar-refractivity contribution in [1.82, 2.24) is 15.8 Å². The molecule has 3 atom stereocenters. The monoisotopic (exact) mass is 287 g/mol. The molecule has 0 spiro atoms. The van der Waals surface area contributed by atoms with Crippen LogP contribution in [0, 0.1) is 6.92 Å². The lowest BCUT2D eigenvalue weighted by atomic mass is 10.0. The van der Waals surface area contributed by atoms with Gasteiger partial charge in [-0.15, -0.1) is 0 Å². The summed E-state index contributed by atoms with van der Waals surface area (Å²) in [6.45, 7) is 5.14. The molecular weight excluding hydrogens is 262 g/mol. The normalized spacial score (nSPS) is 28.4. The fourth-order valence-electron chi connectivity index (χ4n) is 3.11. The average Bonchev–Trinajstić information content (AvgIpc) is 2.93. The summed E-state index contributed by atoms with van der Waals surface area (Å²) < 4.78 is 0. The second kappa shape index (κ2) is 6.18. The Morgan fingerprint density at radius 2 is 2.05 bits per heavy atom. The number of fused-ring (bicyclic) bond motifs is 1. The van der Waals surface area contributed by atoms with Gasteiger partial charge in [0.25, 0.3) is 0 Å². The zero-order valence-electron chi connectivity index (χ0n) is 12.8. The van der Waals surface area contributed by atoms with Gasteiger partial charge in [0.05, 0.1) is 17.8 Å². The maximum Gasteiger partial charge on any atom is 0.147 e. The Kier molecular flexibility index (Phi) is 4.29. The zero-order chi connectivity index (χ0) is 14.8. The summed E-state index contributed by atoms with van der Waals surface area (Å²) in [5.41, 5.74) is 7.03. The number of nitrogens with zero attached hydrogens (tertiary/aromatic N) is 1. The van der Waals surface area contributed by atoms with Crippen LogP contribution in [0.3, 0.4) is 0 Å². The second-order valence-corrected chi connectivity index (χ2v) is 6.09. The summed E-state index contributed by atoms with van der Waals surface area (Å²) in [5, 5.41) is 15.6. The molecule has 1 saturated heterocycles. The van der Waals surface area contributed by atoms with Crippen molar-refractivity contribution in [2.45, 2.75) is 51.4 Å². The van der Waals surface area contributed by atoms with Crippen LogP contribution in [0.25, 0.3) is 0 Å². The van der Waals surface area contributed by atoms with Crippen LogP contribution in [0.2, 0.25) is 0 Å². The number of aryl methyl sites for hydroxylation is 1. The van der Waals surface area contributed by atoms with E-state index in [1.807, 2.05) is 0 Å². The minimum Gasteiger partial charge on any atom is -0.373 e. The fraction of sp³-hybridized carbons (Fsp3) is 0.529. The van der Waals surface area contributed by atoms with Crippen molar-refractivity contribution in [3.05, 3.63) is 47.2 Å². The smallest absolute Gasteiger partial charge is 0.147 e. The van der Waals surface area contributed by atoms with E-state index in [-0.39, 0.29) is 6.04 Å². The molecule has 0 aliphatic carbocycles. The standard InChI is InChI=1S/C17H25N3O/c1-3-4-5-14-11-18-17(21)16-10-15(19-20(14)16)13-8-6-12(2)7-9-13/h6-10,14-15,17-19,21H,3-5,11H2,1-2H3. The molecule has 2 aliphatic heterocycles. The van der Waals surface area contributed by atoms with E-state index < -0.39 is 6.23 Å². The number of aliphatic hydroxyl groups excluding tert-OH is 1. The molecule has 0 radical (unpaired) electrons. The highest BCUT2D eigenvalue weighted by Crippen LogP contribution is 2.30. The number of nitrogens with one attached hydrogen (secondary N) is 2. The van der Waals surface area contributed by atoms with Crippen molar-refractivity contribution >= 4 is 0 Å². The van der Waals surface area contributed by atoms with E-state index in [2.05, 4.69) is 59.9 Å². The highest BCUT2D eigenvalue weighted by molar-refractivity contribution is 5.31. The Morgan fingerprint density at radius 3 is 2.76 bits per heavy atom. The molecule has 3 unspecified atom stereocenters. The number of benzene rings is 1. The number of rotatable bonds is 4. The lowest BCUT2D eigenvalue weighted by Crippen LogP contribution is -2.56. The molecule has 0 amide bonds. The van der Waals surface area contributed by atoms with Crippen LogP contribution in [0.4, 0.5) is 0 Å². The van der Waals surface area contributed by atoms with E-state index in [1.54, 1.807) is 0 Å². The summed E-state index contributed by atoms with van der Waals surface area (Å²) in [5.74, 6) is 0. The van der Waals surface area contributed by atoms with Crippen LogP contribution in [0.5, 0.6) is 0 Å². The molecule has 1 fully saturated rings. The Bertz CT molecular complexity index is 509. The van der Waals surface area contributed by atoms with Gasteiger partial charge in [-0.05, 0) is 25.0 Å². The lowest BCUT2D eigenvalue weighted by molar-refractivity contribution is 0.0467. The molecule has 4 nitrogen and oxygen atoms in total. The van der Waals surface area contributed by atoms with Gasteiger partial charge in [0, 0.05) is 6.54 Å². The van der Waals surface area contributed by atoms with E-state index in [4.69, 9.17) is 0 Å². The molecule has 0 aromatic heterocycles. The van der Waals surface area contributed by atoms with Crippen molar-refractivity contribution in [3.8, 4) is 0 Å².